The van der Waals surface area contributed by atoms with Gasteiger partial charge in [-0.3, -0.25) is 0 Å². The summed E-state index contributed by atoms with van der Waals surface area (Å²) < 4.78 is 0. The average Bonchev–Trinajstić information content (AvgIpc) is 2.68. The van der Waals surface area contributed by atoms with Gasteiger partial charge in [0.05, 0.1) is 0 Å². The predicted octanol–water partition coefficient (Wildman–Crippen LogP) is 3.93. The molecule has 5 heteroatoms. The second-order valence-corrected chi connectivity index (χ2v) is 8.26. The van der Waals surface area contributed by atoms with Gasteiger partial charge in [0.1, 0.15) is 17.5 Å². The van der Waals surface area contributed by atoms with Gasteiger partial charge in [-0.1, -0.05) is 6.07 Å². The molecule has 0 spiro atoms. The van der Waals surface area contributed by atoms with Crippen LogP contribution in [0.2, 0.25) is 0 Å². The molecule has 0 radical (unpaired) electrons. The zero-order valence-electron chi connectivity index (χ0n) is 16.9. The largest absolute Gasteiger partial charge is 0.357 e. The van der Waals surface area contributed by atoms with E-state index in [0.29, 0.717) is 0 Å². The molecule has 2 aromatic rings. The second kappa shape index (κ2) is 7.83. The fraction of sp³-hybridized carbons (Fsp3) is 0.591. The highest BCUT2D eigenvalue weighted by Gasteiger charge is 2.30. The lowest BCUT2D eigenvalue weighted by molar-refractivity contribution is 0.232. The number of pyridine rings is 1. The Hall–Kier alpha value is -2.17. The van der Waals surface area contributed by atoms with E-state index in [0.717, 1.165) is 61.2 Å². The number of hydrogen-bond acceptors (Lipinski definition) is 5. The van der Waals surface area contributed by atoms with Crippen molar-refractivity contribution in [3.8, 4) is 0 Å². The van der Waals surface area contributed by atoms with E-state index in [1.807, 2.05) is 13.1 Å². The van der Waals surface area contributed by atoms with E-state index in [9.17, 15) is 0 Å². The van der Waals surface area contributed by atoms with Crippen LogP contribution in [-0.4, -0.2) is 41.1 Å². The van der Waals surface area contributed by atoms with Crippen molar-refractivity contribution in [1.29, 1.82) is 0 Å². The molecule has 0 aromatic carbocycles. The van der Waals surface area contributed by atoms with Crippen LogP contribution in [0.15, 0.2) is 24.4 Å². The molecule has 0 saturated carbocycles. The first-order chi connectivity index (χ1) is 13.1. The molecule has 2 aliphatic heterocycles. The summed E-state index contributed by atoms with van der Waals surface area (Å²) in [6, 6.07) is 6.46. The molecule has 0 amide bonds. The van der Waals surface area contributed by atoms with Crippen molar-refractivity contribution in [2.24, 2.45) is 11.8 Å². The van der Waals surface area contributed by atoms with Crippen molar-refractivity contribution in [3.05, 3.63) is 41.5 Å². The molecule has 4 heterocycles. The SMILES string of the molecule is Cc1ccc(N2CCC(C3CCN(c4cc(C)nc(C)n4)CC3)CC2)nc1. The monoisotopic (exact) mass is 365 g/mol. The summed E-state index contributed by atoms with van der Waals surface area (Å²) in [6.07, 6.45) is 7.15. The molecule has 2 saturated heterocycles. The second-order valence-electron chi connectivity index (χ2n) is 8.26. The number of anilines is 2. The van der Waals surface area contributed by atoms with Crippen LogP contribution in [0.4, 0.5) is 11.6 Å². The van der Waals surface area contributed by atoms with E-state index in [4.69, 9.17) is 0 Å². The van der Waals surface area contributed by atoms with Crippen LogP contribution in [0.5, 0.6) is 0 Å². The fourth-order valence-electron chi connectivity index (χ4n) is 4.71. The number of aromatic nitrogens is 3. The van der Waals surface area contributed by atoms with Crippen LogP contribution >= 0.6 is 0 Å². The smallest absolute Gasteiger partial charge is 0.132 e. The topological polar surface area (TPSA) is 45.2 Å². The van der Waals surface area contributed by atoms with Crippen LogP contribution in [0, 0.1) is 32.6 Å². The van der Waals surface area contributed by atoms with Crippen LogP contribution in [0.25, 0.3) is 0 Å². The summed E-state index contributed by atoms with van der Waals surface area (Å²) in [5.74, 6) is 4.85. The first-order valence-corrected chi connectivity index (χ1v) is 10.3. The van der Waals surface area contributed by atoms with Gasteiger partial charge < -0.3 is 9.80 Å². The molecule has 0 atom stereocenters. The van der Waals surface area contributed by atoms with Crippen molar-refractivity contribution in [2.75, 3.05) is 36.0 Å². The van der Waals surface area contributed by atoms with Crippen LogP contribution < -0.4 is 9.80 Å². The fourth-order valence-corrected chi connectivity index (χ4v) is 4.71. The number of rotatable bonds is 3. The highest BCUT2D eigenvalue weighted by molar-refractivity contribution is 5.41. The summed E-state index contributed by atoms with van der Waals surface area (Å²) in [6.45, 7) is 10.7. The molecule has 0 bridgehead atoms. The summed E-state index contributed by atoms with van der Waals surface area (Å²) >= 11 is 0. The molecule has 0 N–H and O–H groups in total. The van der Waals surface area contributed by atoms with Gasteiger partial charge in [0.2, 0.25) is 0 Å². The Morgan fingerprint density at radius 3 is 1.89 bits per heavy atom. The van der Waals surface area contributed by atoms with Crippen LogP contribution in [0.3, 0.4) is 0 Å². The number of piperidine rings is 2. The maximum absolute atomic E-state index is 4.65. The van der Waals surface area contributed by atoms with E-state index >= 15 is 0 Å². The van der Waals surface area contributed by atoms with E-state index < -0.39 is 0 Å². The maximum atomic E-state index is 4.65. The molecule has 0 aliphatic carbocycles. The zero-order valence-corrected chi connectivity index (χ0v) is 16.9. The van der Waals surface area contributed by atoms with Gasteiger partial charge in [0, 0.05) is 44.1 Å². The Kier molecular flexibility index (Phi) is 5.28. The van der Waals surface area contributed by atoms with Crippen LogP contribution in [0.1, 0.15) is 42.8 Å². The minimum absolute atomic E-state index is 0.860. The molecule has 27 heavy (non-hydrogen) atoms. The average molecular weight is 366 g/mol. The first kappa shape index (κ1) is 18.2. The zero-order chi connectivity index (χ0) is 18.8. The Bertz CT molecular complexity index is 737. The van der Waals surface area contributed by atoms with Crippen molar-refractivity contribution in [1.82, 2.24) is 15.0 Å². The van der Waals surface area contributed by atoms with Crippen LogP contribution in [-0.2, 0) is 0 Å². The molecule has 0 unspecified atom stereocenters. The van der Waals surface area contributed by atoms with E-state index in [2.05, 4.69) is 56.8 Å². The quantitative estimate of drug-likeness (QED) is 0.825. The van der Waals surface area contributed by atoms with Gasteiger partial charge in [-0.2, -0.15) is 0 Å². The molecule has 2 aliphatic rings. The van der Waals surface area contributed by atoms with Crippen molar-refractivity contribution < 1.29 is 0 Å². The lowest BCUT2D eigenvalue weighted by Gasteiger charge is -2.40. The van der Waals surface area contributed by atoms with Gasteiger partial charge in [-0.15, -0.1) is 0 Å². The van der Waals surface area contributed by atoms with Crippen molar-refractivity contribution in [2.45, 2.75) is 46.5 Å². The highest BCUT2D eigenvalue weighted by atomic mass is 15.2. The third kappa shape index (κ3) is 4.23. The Morgan fingerprint density at radius 2 is 1.37 bits per heavy atom. The number of hydrogen-bond donors (Lipinski definition) is 0. The standard InChI is InChI=1S/C22H31N5/c1-16-4-5-21(23-15-16)26-10-6-19(7-11-26)20-8-12-27(13-9-20)22-14-17(2)24-18(3)25-22/h4-5,14-15,19-20H,6-13H2,1-3H3. The van der Waals surface area contributed by atoms with E-state index in [1.165, 1.54) is 31.2 Å². The highest BCUT2D eigenvalue weighted by Crippen LogP contribution is 2.34. The maximum Gasteiger partial charge on any atom is 0.132 e. The Labute approximate surface area is 162 Å². The summed E-state index contributed by atoms with van der Waals surface area (Å²) in [5, 5.41) is 0. The van der Waals surface area contributed by atoms with Gasteiger partial charge in [-0.05, 0) is 69.9 Å². The van der Waals surface area contributed by atoms with E-state index in [1.54, 1.807) is 0 Å². The Balaban J connectivity index is 1.30. The molecule has 144 valence electrons. The minimum atomic E-state index is 0.860. The van der Waals surface area contributed by atoms with E-state index in [-0.39, 0.29) is 0 Å². The third-order valence-electron chi connectivity index (χ3n) is 6.24. The normalized spacial score (nSPS) is 19.5. The minimum Gasteiger partial charge on any atom is -0.357 e. The lowest BCUT2D eigenvalue weighted by Crippen LogP contribution is -2.41. The van der Waals surface area contributed by atoms with Gasteiger partial charge >= 0.3 is 0 Å². The number of aryl methyl sites for hydroxylation is 3. The molecule has 4 rings (SSSR count). The van der Waals surface area contributed by atoms with Gasteiger partial charge in [-0.25, -0.2) is 15.0 Å². The number of nitrogens with zero attached hydrogens (tertiary/aromatic N) is 5. The molecule has 2 fully saturated rings. The summed E-state index contributed by atoms with van der Waals surface area (Å²) in [5.41, 5.74) is 2.30. The molecule has 5 nitrogen and oxygen atoms in total. The predicted molar refractivity (Wildman–Crippen MR) is 110 cm³/mol. The molecular formula is C22H31N5. The molecule has 2 aromatic heterocycles. The lowest BCUT2D eigenvalue weighted by atomic mass is 9.79. The van der Waals surface area contributed by atoms with Gasteiger partial charge in [0.25, 0.3) is 0 Å². The van der Waals surface area contributed by atoms with Gasteiger partial charge in [0.15, 0.2) is 0 Å². The molecular weight excluding hydrogens is 334 g/mol. The summed E-state index contributed by atoms with van der Waals surface area (Å²) in [4.78, 5) is 18.6. The summed E-state index contributed by atoms with van der Waals surface area (Å²) in [7, 11) is 0. The first-order valence-electron chi connectivity index (χ1n) is 10.3. The third-order valence-corrected chi connectivity index (χ3v) is 6.24. The van der Waals surface area contributed by atoms with Crippen molar-refractivity contribution >= 4 is 11.6 Å². The Morgan fingerprint density at radius 1 is 0.778 bits per heavy atom. The van der Waals surface area contributed by atoms with Crippen molar-refractivity contribution in [3.63, 3.8) is 0 Å².